The molecule has 0 aliphatic rings. The van der Waals surface area contributed by atoms with Crippen molar-refractivity contribution in [2.24, 2.45) is 0 Å². The molecule has 21 heavy (non-hydrogen) atoms. The van der Waals surface area contributed by atoms with E-state index >= 15 is 0 Å². The Balaban J connectivity index is 2.19. The number of nitrogens with zero attached hydrogens (tertiary/aromatic N) is 1. The van der Waals surface area contributed by atoms with Crippen LogP contribution in [-0.4, -0.2) is 15.7 Å². The van der Waals surface area contributed by atoms with Gasteiger partial charge < -0.3 is 4.98 Å². The average molecular weight is 305 g/mol. The van der Waals surface area contributed by atoms with Gasteiger partial charge in [-0.3, -0.25) is 0 Å². The van der Waals surface area contributed by atoms with Gasteiger partial charge in [-0.25, -0.2) is 4.98 Å². The van der Waals surface area contributed by atoms with Gasteiger partial charge in [-0.05, 0) is 53.4 Å². The maximum atomic E-state index is 4.20. The molecule has 0 aromatic carbocycles. The van der Waals surface area contributed by atoms with Crippen molar-refractivity contribution >= 4 is 11.8 Å². The minimum atomic E-state index is 0.989. The molecule has 0 aliphatic carbocycles. The van der Waals surface area contributed by atoms with Crippen LogP contribution < -0.4 is 0 Å². The fraction of sp³-hybridized carbons (Fsp3) is 0.500. The maximum absolute atomic E-state index is 4.20. The number of H-pyrrole nitrogens is 1. The van der Waals surface area contributed by atoms with Crippen LogP contribution in [0.1, 0.15) is 53.4 Å². The van der Waals surface area contributed by atoms with E-state index in [0.717, 1.165) is 23.8 Å². The number of thioether (sulfide) groups is 1. The van der Waals surface area contributed by atoms with Crippen molar-refractivity contribution in [2.45, 2.75) is 58.5 Å². The average Bonchev–Trinajstić information content (AvgIpc) is 2.91. The van der Waals surface area contributed by atoms with Crippen molar-refractivity contribution in [3.05, 3.63) is 47.3 Å². The number of allylic oxidation sites excluding steroid dienone is 5. The highest BCUT2D eigenvalue weighted by molar-refractivity contribution is 7.99. The Morgan fingerprint density at radius 2 is 1.71 bits per heavy atom. The number of aromatic amines is 1. The van der Waals surface area contributed by atoms with Crippen molar-refractivity contribution < 1.29 is 0 Å². The third-order valence-electron chi connectivity index (χ3n) is 3.25. The van der Waals surface area contributed by atoms with Gasteiger partial charge in [-0.1, -0.05) is 46.7 Å². The van der Waals surface area contributed by atoms with Crippen LogP contribution in [-0.2, 0) is 0 Å². The largest absolute Gasteiger partial charge is 0.340 e. The second-order valence-corrected chi connectivity index (χ2v) is 6.67. The summed E-state index contributed by atoms with van der Waals surface area (Å²) in [5.41, 5.74) is 4.38. The van der Waals surface area contributed by atoms with Crippen LogP contribution in [0.15, 0.2) is 52.5 Å². The first-order valence-corrected chi connectivity index (χ1v) is 8.63. The van der Waals surface area contributed by atoms with Gasteiger partial charge in [0.05, 0.1) is 0 Å². The Bertz CT molecular complexity index is 477. The zero-order valence-corrected chi connectivity index (χ0v) is 14.6. The quantitative estimate of drug-likeness (QED) is 0.453. The second kappa shape index (κ2) is 10.5. The Hall–Kier alpha value is -1.22. The summed E-state index contributed by atoms with van der Waals surface area (Å²) in [4.78, 5) is 7.31. The molecule has 0 saturated carbocycles. The molecule has 1 aromatic heterocycles. The molecule has 1 N–H and O–H groups in total. The Morgan fingerprint density at radius 1 is 1.05 bits per heavy atom. The van der Waals surface area contributed by atoms with E-state index in [0.29, 0.717) is 0 Å². The molecule has 0 atom stereocenters. The van der Waals surface area contributed by atoms with Gasteiger partial charge in [-0.15, -0.1) is 0 Å². The molecular weight excluding hydrogens is 276 g/mol. The number of nitrogens with one attached hydrogen (secondary N) is 1. The lowest BCUT2D eigenvalue weighted by Crippen LogP contribution is -1.83. The van der Waals surface area contributed by atoms with Crippen molar-refractivity contribution in [3.63, 3.8) is 0 Å². The van der Waals surface area contributed by atoms with Crippen LogP contribution in [0.3, 0.4) is 0 Å². The predicted octanol–water partition coefficient (Wildman–Crippen LogP) is 5.92. The fourth-order valence-corrected chi connectivity index (χ4v) is 2.74. The summed E-state index contributed by atoms with van der Waals surface area (Å²) >= 11 is 1.74. The van der Waals surface area contributed by atoms with E-state index in [9.17, 15) is 0 Å². The van der Waals surface area contributed by atoms with E-state index < -0.39 is 0 Å². The summed E-state index contributed by atoms with van der Waals surface area (Å²) in [6, 6.07) is 0. The minimum absolute atomic E-state index is 0.989. The molecule has 116 valence electrons. The second-order valence-electron chi connectivity index (χ2n) is 5.67. The first-order chi connectivity index (χ1) is 10.1. The summed E-state index contributed by atoms with van der Waals surface area (Å²) in [5.74, 6) is 0.989. The Labute approximate surface area is 133 Å². The van der Waals surface area contributed by atoms with Crippen molar-refractivity contribution in [3.8, 4) is 0 Å². The van der Waals surface area contributed by atoms with Crippen LogP contribution in [0.4, 0.5) is 0 Å². The monoisotopic (exact) mass is 304 g/mol. The van der Waals surface area contributed by atoms with E-state index in [-0.39, 0.29) is 0 Å². The highest BCUT2D eigenvalue weighted by atomic mass is 32.2. The van der Waals surface area contributed by atoms with E-state index in [2.05, 4.69) is 55.9 Å². The van der Waals surface area contributed by atoms with Crippen LogP contribution in [0.5, 0.6) is 0 Å². The van der Waals surface area contributed by atoms with Crippen molar-refractivity contribution in [1.82, 2.24) is 9.97 Å². The normalized spacial score (nSPS) is 12.6. The molecule has 0 amide bonds. The number of imidazole rings is 1. The summed E-state index contributed by atoms with van der Waals surface area (Å²) in [5, 5.41) is 0.995. The SMILES string of the molecule is CC(C)=CCC/C(C)=C/CC/C(C)=C/CSc1ncc[nH]1. The number of rotatable bonds is 9. The van der Waals surface area contributed by atoms with Gasteiger partial charge in [0.2, 0.25) is 0 Å². The molecule has 0 bridgehead atoms. The summed E-state index contributed by atoms with van der Waals surface area (Å²) < 4.78 is 0. The van der Waals surface area contributed by atoms with E-state index in [4.69, 9.17) is 0 Å². The van der Waals surface area contributed by atoms with Gasteiger partial charge in [0.25, 0.3) is 0 Å². The molecule has 3 heteroatoms. The molecule has 1 rings (SSSR count). The standard InChI is InChI=1S/C18H28N2S/c1-15(2)7-5-8-16(3)9-6-10-17(4)11-14-21-18-19-12-13-20-18/h7,9,11-13H,5-6,8,10,14H2,1-4H3,(H,19,20)/b16-9+,17-11+. The van der Waals surface area contributed by atoms with E-state index in [1.54, 1.807) is 18.0 Å². The van der Waals surface area contributed by atoms with Crippen LogP contribution in [0.25, 0.3) is 0 Å². The van der Waals surface area contributed by atoms with E-state index in [1.165, 1.54) is 29.6 Å². The lowest BCUT2D eigenvalue weighted by molar-refractivity contribution is 0.917. The number of aromatic nitrogens is 2. The van der Waals surface area contributed by atoms with Crippen LogP contribution in [0.2, 0.25) is 0 Å². The van der Waals surface area contributed by atoms with Crippen LogP contribution >= 0.6 is 11.8 Å². The first kappa shape index (κ1) is 17.8. The lowest BCUT2D eigenvalue weighted by atomic mass is 10.1. The fourth-order valence-electron chi connectivity index (χ4n) is 1.93. The maximum Gasteiger partial charge on any atom is 0.165 e. The molecule has 0 unspecified atom stereocenters. The zero-order chi connectivity index (χ0) is 15.5. The third kappa shape index (κ3) is 9.35. The van der Waals surface area contributed by atoms with Crippen molar-refractivity contribution in [2.75, 3.05) is 5.75 Å². The summed E-state index contributed by atoms with van der Waals surface area (Å²) in [6.45, 7) is 8.78. The van der Waals surface area contributed by atoms with E-state index in [1.807, 2.05) is 6.20 Å². The topological polar surface area (TPSA) is 28.7 Å². The molecule has 1 aromatic rings. The Morgan fingerprint density at radius 3 is 2.33 bits per heavy atom. The first-order valence-electron chi connectivity index (χ1n) is 7.64. The van der Waals surface area contributed by atoms with Gasteiger partial charge in [0.15, 0.2) is 5.16 Å². The smallest absolute Gasteiger partial charge is 0.165 e. The summed E-state index contributed by atoms with van der Waals surface area (Å²) in [7, 11) is 0. The highest BCUT2D eigenvalue weighted by Gasteiger charge is 1.95. The lowest BCUT2D eigenvalue weighted by Gasteiger charge is -2.01. The highest BCUT2D eigenvalue weighted by Crippen LogP contribution is 2.15. The summed E-state index contributed by atoms with van der Waals surface area (Å²) in [6.07, 6.45) is 15.3. The van der Waals surface area contributed by atoms with Crippen molar-refractivity contribution in [1.29, 1.82) is 0 Å². The predicted molar refractivity (Wildman–Crippen MR) is 94.7 cm³/mol. The molecule has 0 fully saturated rings. The van der Waals surface area contributed by atoms with Gasteiger partial charge >= 0.3 is 0 Å². The third-order valence-corrected chi connectivity index (χ3v) is 4.08. The number of hydrogen-bond donors (Lipinski definition) is 1. The van der Waals surface area contributed by atoms with Gasteiger partial charge in [-0.2, -0.15) is 0 Å². The Kier molecular flexibility index (Phi) is 8.91. The molecule has 2 nitrogen and oxygen atoms in total. The van der Waals surface area contributed by atoms with Gasteiger partial charge in [0, 0.05) is 18.1 Å². The molecule has 1 heterocycles. The molecule has 0 radical (unpaired) electrons. The molecule has 0 spiro atoms. The number of hydrogen-bond acceptors (Lipinski definition) is 2. The molecule has 0 aliphatic heterocycles. The molecular formula is C18H28N2S. The minimum Gasteiger partial charge on any atom is -0.340 e. The zero-order valence-electron chi connectivity index (χ0n) is 13.8. The van der Waals surface area contributed by atoms with Gasteiger partial charge in [0.1, 0.15) is 0 Å². The molecule has 0 saturated heterocycles. The van der Waals surface area contributed by atoms with Crippen LogP contribution in [0, 0.1) is 0 Å².